The molecule has 2 saturated carbocycles. The number of aryl methyl sites for hydroxylation is 1. The molecular formula is C22H20O3. The molecule has 2 aliphatic carbocycles. The third-order valence-corrected chi connectivity index (χ3v) is 6.76. The third-order valence-electron chi connectivity index (χ3n) is 6.76. The number of hydrogen-bond donors (Lipinski definition) is 0. The van der Waals surface area contributed by atoms with Gasteiger partial charge in [0.2, 0.25) is 0 Å². The van der Waals surface area contributed by atoms with Crippen LogP contribution in [0.4, 0.5) is 0 Å². The number of epoxide rings is 1. The summed E-state index contributed by atoms with van der Waals surface area (Å²) in [7, 11) is 0. The zero-order valence-corrected chi connectivity index (χ0v) is 14.6. The minimum absolute atomic E-state index is 0.0740. The fraction of sp³-hybridized carbons (Fsp3) is 0.364. The molecule has 1 heterocycles. The van der Waals surface area contributed by atoms with Gasteiger partial charge >= 0.3 is 0 Å². The first-order valence-corrected chi connectivity index (χ1v) is 8.77. The van der Waals surface area contributed by atoms with Gasteiger partial charge in [0, 0.05) is 11.3 Å². The summed E-state index contributed by atoms with van der Waals surface area (Å²) in [5.74, 6) is -0.213. The second-order valence-electron chi connectivity index (χ2n) is 8.01. The van der Waals surface area contributed by atoms with Gasteiger partial charge in [-0.3, -0.25) is 9.59 Å². The van der Waals surface area contributed by atoms with Crippen LogP contribution in [0.5, 0.6) is 0 Å². The first kappa shape index (κ1) is 15.0. The molecule has 5 atom stereocenters. The van der Waals surface area contributed by atoms with Crippen LogP contribution in [-0.2, 0) is 19.7 Å². The largest absolute Gasteiger partial charge is 0.350 e. The van der Waals surface area contributed by atoms with E-state index in [9.17, 15) is 9.59 Å². The Hall–Kier alpha value is -2.26. The number of carbonyl (C=O) groups excluding carboxylic acids is 2. The summed E-state index contributed by atoms with van der Waals surface area (Å²) in [6.45, 7) is 5.76. The molecule has 2 unspecified atom stereocenters. The van der Waals surface area contributed by atoms with Crippen molar-refractivity contribution in [3.63, 3.8) is 0 Å². The van der Waals surface area contributed by atoms with Crippen molar-refractivity contribution in [3.05, 3.63) is 71.3 Å². The minimum Gasteiger partial charge on any atom is -0.350 e. The Labute approximate surface area is 147 Å². The number of ketones is 2. The van der Waals surface area contributed by atoms with E-state index in [4.69, 9.17) is 4.74 Å². The topological polar surface area (TPSA) is 46.7 Å². The molecule has 0 aromatic heterocycles. The van der Waals surface area contributed by atoms with Crippen molar-refractivity contribution >= 4 is 11.6 Å². The van der Waals surface area contributed by atoms with Gasteiger partial charge in [0.15, 0.2) is 23.3 Å². The van der Waals surface area contributed by atoms with Crippen LogP contribution in [0.25, 0.3) is 0 Å². The van der Waals surface area contributed by atoms with E-state index in [1.165, 1.54) is 0 Å². The molecule has 2 aromatic carbocycles. The lowest BCUT2D eigenvalue weighted by atomic mass is 9.77. The van der Waals surface area contributed by atoms with E-state index in [-0.39, 0.29) is 17.5 Å². The average Bonchev–Trinajstić information content (AvgIpc) is 3.46. The maximum atomic E-state index is 13.3. The summed E-state index contributed by atoms with van der Waals surface area (Å²) in [5.41, 5.74) is 0.987. The predicted molar refractivity (Wildman–Crippen MR) is 93.3 cm³/mol. The van der Waals surface area contributed by atoms with E-state index in [1.807, 2.05) is 56.3 Å². The van der Waals surface area contributed by atoms with E-state index >= 15 is 0 Å². The Morgan fingerprint density at radius 3 is 2.24 bits per heavy atom. The van der Waals surface area contributed by atoms with E-state index in [0.717, 1.165) is 16.7 Å². The lowest BCUT2D eigenvalue weighted by Gasteiger charge is -2.23. The highest BCUT2D eigenvalue weighted by molar-refractivity contribution is 6.17. The summed E-state index contributed by atoms with van der Waals surface area (Å²) in [6, 6.07) is 18.2. The summed E-state index contributed by atoms with van der Waals surface area (Å²) in [6.07, 6.45) is -0.573. The molecule has 1 aliphatic heterocycles. The van der Waals surface area contributed by atoms with Crippen LogP contribution in [0, 0.1) is 18.3 Å². The molecule has 0 amide bonds. The Morgan fingerprint density at radius 1 is 0.880 bits per heavy atom. The Balaban J connectivity index is 1.80. The quantitative estimate of drug-likeness (QED) is 0.793. The molecule has 0 bridgehead atoms. The molecular weight excluding hydrogens is 312 g/mol. The summed E-state index contributed by atoms with van der Waals surface area (Å²) < 4.78 is 5.55. The van der Waals surface area contributed by atoms with Crippen LogP contribution >= 0.6 is 0 Å². The summed E-state index contributed by atoms with van der Waals surface area (Å²) >= 11 is 0. The Kier molecular flexibility index (Phi) is 2.57. The molecule has 0 N–H and O–H groups in total. The van der Waals surface area contributed by atoms with Gasteiger partial charge in [-0.1, -0.05) is 67.1 Å². The van der Waals surface area contributed by atoms with Crippen molar-refractivity contribution in [2.75, 3.05) is 0 Å². The smallest absolute Gasteiger partial charge is 0.172 e. The molecule has 0 radical (unpaired) electrons. The predicted octanol–water partition coefficient (Wildman–Crippen LogP) is 3.23. The van der Waals surface area contributed by atoms with Crippen molar-refractivity contribution in [1.82, 2.24) is 0 Å². The number of benzene rings is 2. The van der Waals surface area contributed by atoms with E-state index < -0.39 is 22.5 Å². The Bertz CT molecular complexity index is 931. The second-order valence-corrected chi connectivity index (χ2v) is 8.01. The number of Topliss-reactive ketones (excluding diaryl/α,β-unsaturated/α-hetero) is 2. The fourth-order valence-electron chi connectivity index (χ4n) is 5.37. The molecule has 25 heavy (non-hydrogen) atoms. The van der Waals surface area contributed by atoms with Crippen molar-refractivity contribution in [3.8, 4) is 0 Å². The zero-order valence-electron chi connectivity index (χ0n) is 14.6. The van der Waals surface area contributed by atoms with Crippen LogP contribution in [0.15, 0.2) is 54.6 Å². The molecule has 3 aliphatic rings. The number of carbonyl (C=O) groups is 2. The van der Waals surface area contributed by atoms with Gasteiger partial charge in [-0.05, 0) is 25.0 Å². The molecule has 5 rings (SSSR count). The van der Waals surface area contributed by atoms with Gasteiger partial charge in [0.05, 0.1) is 5.41 Å². The standard InChI is InChI=1S/C22H20O3/c1-13-8-7-11-15(12-13)22(14-9-5-4-6-10-14)16-17(23)21(3)19(25-21)18(24)20(16,22)2/h4-12,16,19H,1-3H3/t16-,19?,20+,21?,22-/m1/s1. The van der Waals surface area contributed by atoms with Gasteiger partial charge in [-0.2, -0.15) is 0 Å². The lowest BCUT2D eigenvalue weighted by molar-refractivity contribution is -0.132. The lowest BCUT2D eigenvalue weighted by Crippen LogP contribution is -2.39. The average molecular weight is 332 g/mol. The van der Waals surface area contributed by atoms with Gasteiger partial charge in [0.1, 0.15) is 0 Å². The Morgan fingerprint density at radius 2 is 1.56 bits per heavy atom. The molecule has 3 nitrogen and oxygen atoms in total. The molecule has 126 valence electrons. The fourth-order valence-corrected chi connectivity index (χ4v) is 5.37. The highest BCUT2D eigenvalue weighted by atomic mass is 16.6. The number of fused-ring (bicyclic) bond motifs is 2. The van der Waals surface area contributed by atoms with Crippen molar-refractivity contribution in [2.45, 2.75) is 37.9 Å². The molecule has 3 fully saturated rings. The third kappa shape index (κ3) is 1.48. The van der Waals surface area contributed by atoms with E-state index in [0.29, 0.717) is 0 Å². The molecule has 2 aromatic rings. The zero-order chi connectivity index (χ0) is 17.6. The second kappa shape index (κ2) is 4.28. The summed E-state index contributed by atoms with van der Waals surface area (Å²) in [5, 5.41) is 0. The molecule has 1 saturated heterocycles. The van der Waals surface area contributed by atoms with Gasteiger partial charge < -0.3 is 4.74 Å². The van der Waals surface area contributed by atoms with E-state index in [2.05, 4.69) is 12.1 Å². The SMILES string of the molecule is Cc1cccc([C@]2(c3ccccc3)[C@@H]3C(=O)C4(C)OC4C(=O)[C@]32C)c1. The maximum Gasteiger partial charge on any atom is 0.172 e. The van der Waals surface area contributed by atoms with Gasteiger partial charge in [-0.25, -0.2) is 0 Å². The number of hydrogen-bond acceptors (Lipinski definition) is 3. The van der Waals surface area contributed by atoms with Crippen LogP contribution in [-0.4, -0.2) is 23.3 Å². The summed E-state index contributed by atoms with van der Waals surface area (Å²) in [4.78, 5) is 26.5. The monoisotopic (exact) mass is 332 g/mol. The minimum atomic E-state index is -0.915. The highest BCUT2D eigenvalue weighted by Gasteiger charge is 2.90. The highest BCUT2D eigenvalue weighted by Crippen LogP contribution is 2.78. The van der Waals surface area contributed by atoms with Crippen molar-refractivity contribution < 1.29 is 14.3 Å². The van der Waals surface area contributed by atoms with Crippen molar-refractivity contribution in [2.24, 2.45) is 11.3 Å². The number of ether oxygens (including phenoxy) is 1. The van der Waals surface area contributed by atoms with Gasteiger partial charge in [0.25, 0.3) is 0 Å². The van der Waals surface area contributed by atoms with Crippen LogP contribution in [0.1, 0.15) is 30.5 Å². The molecule has 3 heteroatoms. The van der Waals surface area contributed by atoms with Crippen LogP contribution < -0.4 is 0 Å². The maximum absolute atomic E-state index is 13.3. The van der Waals surface area contributed by atoms with Crippen LogP contribution in [0.2, 0.25) is 0 Å². The van der Waals surface area contributed by atoms with Crippen molar-refractivity contribution in [1.29, 1.82) is 0 Å². The number of rotatable bonds is 2. The van der Waals surface area contributed by atoms with E-state index in [1.54, 1.807) is 6.92 Å². The van der Waals surface area contributed by atoms with Gasteiger partial charge in [-0.15, -0.1) is 0 Å². The normalized spacial score (nSPS) is 41.1. The first-order chi connectivity index (χ1) is 11.9. The van der Waals surface area contributed by atoms with Crippen LogP contribution in [0.3, 0.4) is 0 Å². The molecule has 0 spiro atoms. The first-order valence-electron chi connectivity index (χ1n) is 8.77.